The Hall–Kier alpha value is -2.47. The van der Waals surface area contributed by atoms with Crippen molar-refractivity contribution in [3.8, 4) is 0 Å². The Morgan fingerprint density at radius 1 is 1.29 bits per heavy atom. The van der Waals surface area contributed by atoms with Crippen molar-refractivity contribution in [3.63, 3.8) is 0 Å². The van der Waals surface area contributed by atoms with Crippen molar-refractivity contribution in [1.29, 1.82) is 0 Å². The first kappa shape index (κ1) is 16.4. The summed E-state index contributed by atoms with van der Waals surface area (Å²) < 4.78 is 18.6. The molecule has 0 atom stereocenters. The van der Waals surface area contributed by atoms with E-state index < -0.39 is 0 Å². The zero-order valence-corrected chi connectivity index (χ0v) is 13.6. The van der Waals surface area contributed by atoms with Gasteiger partial charge in [-0.3, -0.25) is 9.69 Å². The van der Waals surface area contributed by atoms with Crippen LogP contribution in [-0.4, -0.2) is 47.0 Å². The van der Waals surface area contributed by atoms with Crippen LogP contribution in [-0.2, 0) is 11.3 Å². The minimum atomic E-state index is -0.324. The van der Waals surface area contributed by atoms with E-state index in [1.165, 1.54) is 18.2 Å². The normalized spacial score (nSPS) is 16.0. The number of rotatable bonds is 4. The SMILES string of the molecule is Cc1oncc1CN1CCN(C(=O)/C=C/c2ccccc2F)CC1. The van der Waals surface area contributed by atoms with Gasteiger partial charge in [0.15, 0.2) is 0 Å². The van der Waals surface area contributed by atoms with E-state index in [1.807, 2.05) is 6.92 Å². The van der Waals surface area contributed by atoms with E-state index in [1.54, 1.807) is 29.3 Å². The fourth-order valence-electron chi connectivity index (χ4n) is 2.71. The summed E-state index contributed by atoms with van der Waals surface area (Å²) in [4.78, 5) is 16.3. The van der Waals surface area contributed by atoms with Gasteiger partial charge in [-0.25, -0.2) is 4.39 Å². The highest BCUT2D eigenvalue weighted by atomic mass is 19.1. The lowest BCUT2D eigenvalue weighted by Crippen LogP contribution is -2.47. The summed E-state index contributed by atoms with van der Waals surface area (Å²) >= 11 is 0. The molecule has 0 bridgehead atoms. The quantitative estimate of drug-likeness (QED) is 0.809. The molecule has 126 valence electrons. The van der Waals surface area contributed by atoms with Crippen molar-refractivity contribution in [2.75, 3.05) is 26.2 Å². The van der Waals surface area contributed by atoms with Gasteiger partial charge in [-0.05, 0) is 19.1 Å². The first-order valence-electron chi connectivity index (χ1n) is 7.97. The molecule has 1 fully saturated rings. The third kappa shape index (κ3) is 3.89. The number of carbonyl (C=O) groups is 1. The molecule has 0 aliphatic carbocycles. The van der Waals surface area contributed by atoms with Crippen LogP contribution < -0.4 is 0 Å². The number of carbonyl (C=O) groups excluding carboxylic acids is 1. The summed E-state index contributed by atoms with van der Waals surface area (Å²) in [5, 5.41) is 3.78. The predicted octanol–water partition coefficient (Wildman–Crippen LogP) is 2.48. The molecule has 2 heterocycles. The average molecular weight is 329 g/mol. The lowest BCUT2D eigenvalue weighted by molar-refractivity contribution is -0.127. The van der Waals surface area contributed by atoms with E-state index in [9.17, 15) is 9.18 Å². The molecule has 1 amide bonds. The lowest BCUT2D eigenvalue weighted by atomic mass is 10.2. The first-order valence-corrected chi connectivity index (χ1v) is 7.97. The highest BCUT2D eigenvalue weighted by molar-refractivity contribution is 5.91. The van der Waals surface area contributed by atoms with E-state index in [-0.39, 0.29) is 11.7 Å². The van der Waals surface area contributed by atoms with Crippen LogP contribution in [0, 0.1) is 12.7 Å². The van der Waals surface area contributed by atoms with Gasteiger partial charge in [0.1, 0.15) is 11.6 Å². The topological polar surface area (TPSA) is 49.6 Å². The minimum absolute atomic E-state index is 0.0842. The second-order valence-corrected chi connectivity index (χ2v) is 5.86. The molecule has 1 aliphatic rings. The number of piperazine rings is 1. The monoisotopic (exact) mass is 329 g/mol. The summed E-state index contributed by atoms with van der Waals surface area (Å²) in [6, 6.07) is 6.41. The summed E-state index contributed by atoms with van der Waals surface area (Å²) in [7, 11) is 0. The number of halogens is 1. The molecule has 0 saturated carbocycles. The average Bonchev–Trinajstić information content (AvgIpc) is 2.99. The van der Waals surface area contributed by atoms with Gasteiger partial charge in [-0.15, -0.1) is 0 Å². The van der Waals surface area contributed by atoms with Crippen LogP contribution in [0.15, 0.2) is 41.1 Å². The fraction of sp³-hybridized carbons (Fsp3) is 0.333. The van der Waals surface area contributed by atoms with Crippen LogP contribution in [0.3, 0.4) is 0 Å². The first-order chi connectivity index (χ1) is 11.6. The third-order valence-electron chi connectivity index (χ3n) is 4.24. The van der Waals surface area contributed by atoms with Gasteiger partial charge in [0.25, 0.3) is 0 Å². The van der Waals surface area contributed by atoms with Gasteiger partial charge in [-0.1, -0.05) is 23.4 Å². The van der Waals surface area contributed by atoms with Crippen LogP contribution in [0.5, 0.6) is 0 Å². The van der Waals surface area contributed by atoms with Crippen molar-refractivity contribution in [2.24, 2.45) is 0 Å². The van der Waals surface area contributed by atoms with Gasteiger partial charge in [0, 0.05) is 49.9 Å². The number of aryl methyl sites for hydroxylation is 1. The van der Waals surface area contributed by atoms with Gasteiger partial charge in [0.05, 0.1) is 6.20 Å². The highest BCUT2D eigenvalue weighted by Crippen LogP contribution is 2.13. The molecule has 0 radical (unpaired) electrons. The standard InChI is InChI=1S/C18H20FN3O2/c1-14-16(12-20-24-14)13-21-8-10-22(11-9-21)18(23)7-6-15-4-2-3-5-17(15)19/h2-7,12H,8-11,13H2,1H3/b7-6+. The molecule has 2 aromatic rings. The number of aromatic nitrogens is 1. The minimum Gasteiger partial charge on any atom is -0.361 e. The highest BCUT2D eigenvalue weighted by Gasteiger charge is 2.20. The number of amides is 1. The van der Waals surface area contributed by atoms with E-state index in [0.29, 0.717) is 18.7 Å². The molecular formula is C18H20FN3O2. The Morgan fingerprint density at radius 3 is 2.71 bits per heavy atom. The largest absolute Gasteiger partial charge is 0.361 e. The summed E-state index contributed by atoms with van der Waals surface area (Å²) in [6.07, 6.45) is 4.72. The Kier molecular flexibility index (Phi) is 5.05. The second kappa shape index (κ2) is 7.40. The number of benzene rings is 1. The number of hydrogen-bond acceptors (Lipinski definition) is 4. The molecule has 0 unspecified atom stereocenters. The smallest absolute Gasteiger partial charge is 0.246 e. The van der Waals surface area contributed by atoms with Crippen LogP contribution in [0.4, 0.5) is 4.39 Å². The lowest BCUT2D eigenvalue weighted by Gasteiger charge is -2.34. The van der Waals surface area contributed by atoms with E-state index in [0.717, 1.165) is 31.0 Å². The van der Waals surface area contributed by atoms with Crippen LogP contribution >= 0.6 is 0 Å². The molecule has 0 N–H and O–H groups in total. The summed E-state index contributed by atoms with van der Waals surface area (Å²) in [6.45, 7) is 5.58. The van der Waals surface area contributed by atoms with Gasteiger partial charge >= 0.3 is 0 Å². The summed E-state index contributed by atoms with van der Waals surface area (Å²) in [5.74, 6) is 0.427. The van der Waals surface area contributed by atoms with Crippen molar-refractivity contribution in [3.05, 3.63) is 59.2 Å². The van der Waals surface area contributed by atoms with Crippen molar-refractivity contribution >= 4 is 12.0 Å². The molecule has 6 heteroatoms. The fourth-order valence-corrected chi connectivity index (χ4v) is 2.71. The summed E-state index contributed by atoms with van der Waals surface area (Å²) in [5.41, 5.74) is 1.50. The zero-order valence-electron chi connectivity index (χ0n) is 13.6. The van der Waals surface area contributed by atoms with Crippen LogP contribution in [0.2, 0.25) is 0 Å². The molecule has 1 saturated heterocycles. The van der Waals surface area contributed by atoms with Gasteiger partial charge in [0.2, 0.25) is 5.91 Å². The molecule has 24 heavy (non-hydrogen) atoms. The molecule has 0 spiro atoms. The third-order valence-corrected chi connectivity index (χ3v) is 4.24. The van der Waals surface area contributed by atoms with Crippen molar-refractivity contribution in [2.45, 2.75) is 13.5 Å². The molecule has 1 aromatic heterocycles. The number of nitrogens with zero attached hydrogens (tertiary/aromatic N) is 3. The molecule has 5 nitrogen and oxygen atoms in total. The predicted molar refractivity (Wildman–Crippen MR) is 88.5 cm³/mol. The van der Waals surface area contributed by atoms with E-state index in [2.05, 4.69) is 10.1 Å². The van der Waals surface area contributed by atoms with Crippen LogP contribution in [0.25, 0.3) is 6.08 Å². The maximum absolute atomic E-state index is 13.6. The van der Waals surface area contributed by atoms with Gasteiger partial charge < -0.3 is 9.42 Å². The second-order valence-electron chi connectivity index (χ2n) is 5.86. The van der Waals surface area contributed by atoms with Crippen molar-refractivity contribution in [1.82, 2.24) is 15.0 Å². The Bertz CT molecular complexity index is 733. The Balaban J connectivity index is 1.52. The van der Waals surface area contributed by atoms with Crippen molar-refractivity contribution < 1.29 is 13.7 Å². The van der Waals surface area contributed by atoms with Crippen LogP contribution in [0.1, 0.15) is 16.9 Å². The molecule has 3 rings (SSSR count). The molecule has 1 aliphatic heterocycles. The Morgan fingerprint density at radius 2 is 2.04 bits per heavy atom. The van der Waals surface area contributed by atoms with Gasteiger partial charge in [-0.2, -0.15) is 0 Å². The zero-order chi connectivity index (χ0) is 16.9. The van der Waals surface area contributed by atoms with E-state index >= 15 is 0 Å². The maximum Gasteiger partial charge on any atom is 0.246 e. The molecule has 1 aromatic carbocycles. The van der Waals surface area contributed by atoms with E-state index in [4.69, 9.17) is 4.52 Å². The number of hydrogen-bond donors (Lipinski definition) is 0. The molecular weight excluding hydrogens is 309 g/mol. The maximum atomic E-state index is 13.6. The Labute approximate surface area is 140 Å².